The zero-order valence-electron chi connectivity index (χ0n) is 19.5. The van der Waals surface area contributed by atoms with Crippen molar-refractivity contribution in [1.29, 1.82) is 0 Å². The van der Waals surface area contributed by atoms with Crippen LogP contribution in [-0.2, 0) is 11.0 Å². The van der Waals surface area contributed by atoms with Gasteiger partial charge in [0, 0.05) is 24.4 Å². The Morgan fingerprint density at radius 2 is 1.91 bits per heavy atom. The zero-order chi connectivity index (χ0) is 22.7. The van der Waals surface area contributed by atoms with Gasteiger partial charge in [-0.05, 0) is 62.7 Å². The SMILES string of the molecule is CC(C)C1=C2NC(=NC3CCCCC3)C=C(Nc3ccc(S(=O)N(C)C)cc3)N2N=CC1. The molecule has 0 saturated heterocycles. The maximum absolute atomic E-state index is 12.3. The quantitative estimate of drug-likeness (QED) is 0.668. The van der Waals surface area contributed by atoms with E-state index in [4.69, 9.17) is 4.99 Å². The molecular formula is C24H34N6OS. The van der Waals surface area contributed by atoms with Crippen LogP contribution in [0.1, 0.15) is 52.4 Å². The molecule has 1 saturated carbocycles. The predicted octanol–water partition coefficient (Wildman–Crippen LogP) is 4.42. The first-order valence-corrected chi connectivity index (χ1v) is 12.6. The van der Waals surface area contributed by atoms with E-state index in [2.05, 4.69) is 29.6 Å². The van der Waals surface area contributed by atoms with E-state index in [1.54, 1.807) is 4.31 Å². The highest BCUT2D eigenvalue weighted by Crippen LogP contribution is 2.30. The number of anilines is 1. The van der Waals surface area contributed by atoms with Gasteiger partial charge in [0.2, 0.25) is 0 Å². The fraction of sp³-hybridized carbons (Fsp3) is 0.500. The van der Waals surface area contributed by atoms with Gasteiger partial charge in [-0.3, -0.25) is 4.99 Å². The van der Waals surface area contributed by atoms with Crippen LogP contribution >= 0.6 is 0 Å². The molecule has 3 aliphatic rings. The van der Waals surface area contributed by atoms with Gasteiger partial charge in [0.05, 0.1) is 10.9 Å². The normalized spacial score (nSPS) is 21.6. The molecule has 7 nitrogen and oxygen atoms in total. The molecule has 0 aromatic heterocycles. The van der Waals surface area contributed by atoms with Gasteiger partial charge in [-0.15, -0.1) is 0 Å². The number of hydrogen-bond acceptors (Lipinski definition) is 5. The Labute approximate surface area is 193 Å². The Balaban J connectivity index is 1.64. The molecule has 0 bridgehead atoms. The second-order valence-electron chi connectivity index (χ2n) is 9.01. The molecule has 0 spiro atoms. The van der Waals surface area contributed by atoms with Gasteiger partial charge in [-0.1, -0.05) is 33.1 Å². The van der Waals surface area contributed by atoms with E-state index in [9.17, 15) is 4.21 Å². The zero-order valence-corrected chi connectivity index (χ0v) is 20.3. The molecule has 1 atom stereocenters. The summed E-state index contributed by atoms with van der Waals surface area (Å²) in [5.74, 6) is 3.17. The van der Waals surface area contributed by atoms with Crippen LogP contribution in [0, 0.1) is 5.92 Å². The molecule has 1 fully saturated rings. The van der Waals surface area contributed by atoms with E-state index in [1.807, 2.05) is 55.7 Å². The molecule has 0 radical (unpaired) electrons. The Bertz CT molecular complexity index is 971. The molecule has 2 heterocycles. The maximum Gasteiger partial charge on any atom is 0.137 e. The van der Waals surface area contributed by atoms with Crippen LogP contribution in [0.4, 0.5) is 5.69 Å². The van der Waals surface area contributed by atoms with Gasteiger partial charge in [0.25, 0.3) is 0 Å². The smallest absolute Gasteiger partial charge is 0.137 e. The molecule has 8 heteroatoms. The Kier molecular flexibility index (Phi) is 7.10. The number of benzene rings is 1. The third-order valence-corrected chi connectivity index (χ3v) is 7.36. The fourth-order valence-electron chi connectivity index (χ4n) is 4.26. The number of nitrogens with one attached hydrogen (secondary N) is 2. The first kappa shape index (κ1) is 22.7. The first-order chi connectivity index (χ1) is 15.4. The predicted molar refractivity (Wildman–Crippen MR) is 132 cm³/mol. The van der Waals surface area contributed by atoms with Crippen LogP contribution in [-0.4, -0.2) is 45.7 Å². The van der Waals surface area contributed by atoms with Crippen molar-refractivity contribution in [1.82, 2.24) is 14.6 Å². The van der Waals surface area contributed by atoms with Crippen molar-refractivity contribution in [3.63, 3.8) is 0 Å². The largest absolute Gasteiger partial charge is 0.340 e. The number of fused-ring (bicyclic) bond motifs is 1. The number of aliphatic imine (C=N–C) groups is 1. The summed E-state index contributed by atoms with van der Waals surface area (Å²) in [6.07, 6.45) is 11.0. The van der Waals surface area contributed by atoms with Crippen molar-refractivity contribution >= 4 is 28.7 Å². The van der Waals surface area contributed by atoms with Gasteiger partial charge in [-0.2, -0.15) is 5.10 Å². The van der Waals surface area contributed by atoms with Crippen molar-refractivity contribution in [2.24, 2.45) is 16.0 Å². The van der Waals surface area contributed by atoms with E-state index in [0.29, 0.717) is 12.0 Å². The third kappa shape index (κ3) is 5.13. The van der Waals surface area contributed by atoms with Crippen molar-refractivity contribution in [3.05, 3.63) is 47.6 Å². The van der Waals surface area contributed by atoms with Gasteiger partial charge in [-0.25, -0.2) is 13.5 Å². The summed E-state index contributed by atoms with van der Waals surface area (Å²) >= 11 is 0. The van der Waals surface area contributed by atoms with Gasteiger partial charge in [0.1, 0.15) is 28.5 Å². The average Bonchev–Trinajstić information content (AvgIpc) is 2.79. The van der Waals surface area contributed by atoms with Crippen LogP contribution in [0.2, 0.25) is 0 Å². The standard InChI is InChI=1S/C24H34N6OS/c1-17(2)21-14-15-25-30-23(27-19-10-12-20(13-11-19)32(31)29(3)4)16-22(28-24(21)30)26-18-8-6-5-7-9-18/h10-13,15-18,27H,5-9,14H2,1-4H3,(H,26,28). The lowest BCUT2D eigenvalue weighted by Crippen LogP contribution is -2.42. The van der Waals surface area contributed by atoms with E-state index < -0.39 is 11.0 Å². The summed E-state index contributed by atoms with van der Waals surface area (Å²) in [5, 5.41) is 13.7. The van der Waals surface area contributed by atoms with Crippen LogP contribution in [0.15, 0.2) is 62.5 Å². The minimum absolute atomic E-state index is 0.380. The Morgan fingerprint density at radius 1 is 1.19 bits per heavy atom. The summed E-state index contributed by atoms with van der Waals surface area (Å²) in [6, 6.07) is 8.08. The van der Waals surface area contributed by atoms with Crippen LogP contribution < -0.4 is 10.6 Å². The number of allylic oxidation sites excluding steroid dienone is 1. The number of hydrazone groups is 1. The fourth-order valence-corrected chi connectivity index (χ4v) is 5.05. The monoisotopic (exact) mass is 454 g/mol. The summed E-state index contributed by atoms with van der Waals surface area (Å²) in [4.78, 5) is 5.84. The molecule has 0 amide bonds. The highest BCUT2D eigenvalue weighted by atomic mass is 32.2. The highest BCUT2D eigenvalue weighted by Gasteiger charge is 2.28. The average molecular weight is 455 g/mol. The summed E-state index contributed by atoms with van der Waals surface area (Å²) < 4.78 is 14.0. The second-order valence-corrected chi connectivity index (χ2v) is 10.7. The van der Waals surface area contributed by atoms with E-state index >= 15 is 0 Å². The molecule has 2 N–H and O–H groups in total. The lowest BCUT2D eigenvalue weighted by atomic mass is 9.96. The van der Waals surface area contributed by atoms with E-state index in [-0.39, 0.29) is 0 Å². The van der Waals surface area contributed by atoms with Gasteiger partial charge >= 0.3 is 0 Å². The van der Waals surface area contributed by atoms with Crippen LogP contribution in [0.5, 0.6) is 0 Å². The van der Waals surface area contributed by atoms with Crippen molar-refractivity contribution in [2.45, 2.75) is 63.3 Å². The van der Waals surface area contributed by atoms with Crippen molar-refractivity contribution in [2.75, 3.05) is 19.4 Å². The summed E-state index contributed by atoms with van der Waals surface area (Å²) in [6.45, 7) is 4.43. The van der Waals surface area contributed by atoms with E-state index in [1.165, 1.54) is 24.8 Å². The molecule has 32 heavy (non-hydrogen) atoms. The Hall–Kier alpha value is -2.45. The number of nitrogens with zero attached hydrogens (tertiary/aromatic N) is 4. The second kappa shape index (κ2) is 10.0. The molecule has 1 aromatic carbocycles. The maximum atomic E-state index is 12.3. The topological polar surface area (TPSA) is 72.3 Å². The molecule has 1 unspecified atom stereocenters. The molecule has 2 aliphatic heterocycles. The van der Waals surface area contributed by atoms with Gasteiger partial charge in [0.15, 0.2) is 0 Å². The van der Waals surface area contributed by atoms with Crippen LogP contribution in [0.25, 0.3) is 0 Å². The van der Waals surface area contributed by atoms with Crippen molar-refractivity contribution in [3.8, 4) is 0 Å². The lowest BCUT2D eigenvalue weighted by molar-refractivity contribution is 0.406. The molecule has 4 rings (SSSR count). The van der Waals surface area contributed by atoms with E-state index in [0.717, 1.165) is 47.3 Å². The lowest BCUT2D eigenvalue weighted by Gasteiger charge is -2.35. The highest BCUT2D eigenvalue weighted by molar-refractivity contribution is 7.82. The Morgan fingerprint density at radius 3 is 2.56 bits per heavy atom. The van der Waals surface area contributed by atoms with Gasteiger partial charge < -0.3 is 10.6 Å². The first-order valence-electron chi connectivity index (χ1n) is 11.5. The molecule has 172 valence electrons. The summed E-state index contributed by atoms with van der Waals surface area (Å²) in [5.41, 5.74) is 2.24. The summed E-state index contributed by atoms with van der Waals surface area (Å²) in [7, 11) is 2.46. The number of rotatable bonds is 6. The minimum Gasteiger partial charge on any atom is -0.340 e. The molecule has 1 aromatic rings. The molecular weight excluding hydrogens is 420 g/mol. The van der Waals surface area contributed by atoms with Crippen LogP contribution in [0.3, 0.4) is 0 Å². The number of amidine groups is 1. The third-order valence-electron chi connectivity index (χ3n) is 6.03. The van der Waals surface area contributed by atoms with Crippen molar-refractivity contribution < 1.29 is 4.21 Å². The molecule has 1 aliphatic carbocycles. The minimum atomic E-state index is -1.16. The number of hydrogen-bond donors (Lipinski definition) is 2.